The molecule has 1 radical (unpaired) electrons. The van der Waals surface area contributed by atoms with Crippen LogP contribution in [0.5, 0.6) is 0 Å². The average Bonchev–Trinajstić information content (AvgIpc) is 2.16. The lowest BCUT2D eigenvalue weighted by molar-refractivity contribution is 0.558. The molecule has 13 heavy (non-hydrogen) atoms. The lowest BCUT2D eigenvalue weighted by atomic mass is 10.1. The average molecular weight is 182 g/mol. The van der Waals surface area contributed by atoms with Crippen LogP contribution < -0.4 is 0 Å². The second kappa shape index (κ2) is 11.4. The molecule has 0 aliphatic rings. The second-order valence-corrected chi connectivity index (χ2v) is 3.30. The lowest BCUT2D eigenvalue weighted by Crippen LogP contribution is -1.83. The molecule has 2 nitrogen and oxygen atoms in total. The number of nitrogens with zero attached hydrogens (tertiary/aromatic N) is 1. The molecule has 0 aliphatic carbocycles. The summed E-state index contributed by atoms with van der Waals surface area (Å²) in [5.41, 5.74) is 0. The van der Waals surface area contributed by atoms with Gasteiger partial charge in [0.25, 0.3) is 0 Å². The molecule has 0 aromatic carbocycles. The third-order valence-electron chi connectivity index (χ3n) is 2.08. The molecule has 0 atom stereocenters. The standard InChI is InChI=1S/C11H20NO/c1-2-3-4-5-6-7-8-9-10-12-11-13/h1-10H2. The Morgan fingerprint density at radius 1 is 0.923 bits per heavy atom. The highest BCUT2D eigenvalue weighted by atomic mass is 16.1. The van der Waals surface area contributed by atoms with E-state index in [-0.39, 0.29) is 0 Å². The van der Waals surface area contributed by atoms with Crippen molar-refractivity contribution in [3.8, 4) is 0 Å². The van der Waals surface area contributed by atoms with E-state index in [0.29, 0.717) is 6.54 Å². The van der Waals surface area contributed by atoms with Crippen molar-refractivity contribution in [2.24, 2.45) is 4.99 Å². The zero-order valence-electron chi connectivity index (χ0n) is 8.43. The first-order chi connectivity index (χ1) is 6.41. The van der Waals surface area contributed by atoms with Gasteiger partial charge in [-0.05, 0) is 6.42 Å². The number of unbranched alkanes of at least 4 members (excludes halogenated alkanes) is 7. The first kappa shape index (κ1) is 12.4. The van der Waals surface area contributed by atoms with Gasteiger partial charge in [0, 0.05) is 0 Å². The van der Waals surface area contributed by atoms with Gasteiger partial charge in [-0.3, -0.25) is 0 Å². The van der Waals surface area contributed by atoms with Crippen LogP contribution in [0.3, 0.4) is 0 Å². The van der Waals surface area contributed by atoms with Gasteiger partial charge in [0.05, 0.1) is 6.54 Å². The summed E-state index contributed by atoms with van der Waals surface area (Å²) < 4.78 is 0. The molecule has 0 aromatic rings. The van der Waals surface area contributed by atoms with Crippen molar-refractivity contribution >= 4 is 6.08 Å². The van der Waals surface area contributed by atoms with E-state index in [9.17, 15) is 4.79 Å². The van der Waals surface area contributed by atoms with Crippen molar-refractivity contribution < 1.29 is 4.79 Å². The van der Waals surface area contributed by atoms with Crippen molar-refractivity contribution in [2.75, 3.05) is 6.54 Å². The van der Waals surface area contributed by atoms with Gasteiger partial charge in [0.2, 0.25) is 6.08 Å². The van der Waals surface area contributed by atoms with Crippen LogP contribution in [0.4, 0.5) is 0 Å². The van der Waals surface area contributed by atoms with E-state index in [1.807, 2.05) is 0 Å². The van der Waals surface area contributed by atoms with Crippen LogP contribution in [0.25, 0.3) is 0 Å². The highest BCUT2D eigenvalue weighted by Crippen LogP contribution is 2.07. The van der Waals surface area contributed by atoms with E-state index < -0.39 is 0 Å². The van der Waals surface area contributed by atoms with Gasteiger partial charge in [-0.2, -0.15) is 0 Å². The zero-order valence-corrected chi connectivity index (χ0v) is 8.43. The van der Waals surface area contributed by atoms with Crippen molar-refractivity contribution in [3.05, 3.63) is 6.92 Å². The summed E-state index contributed by atoms with van der Waals surface area (Å²) in [4.78, 5) is 13.2. The Morgan fingerprint density at radius 3 is 2.00 bits per heavy atom. The Kier molecular flexibility index (Phi) is 10.8. The molecule has 2 heteroatoms. The minimum Gasteiger partial charge on any atom is -0.211 e. The second-order valence-electron chi connectivity index (χ2n) is 3.30. The summed E-state index contributed by atoms with van der Waals surface area (Å²) in [6.07, 6.45) is 11.3. The maximum absolute atomic E-state index is 9.71. The first-order valence-corrected chi connectivity index (χ1v) is 5.24. The molecule has 0 aromatic heterocycles. The summed E-state index contributed by atoms with van der Waals surface area (Å²) in [6, 6.07) is 0. The van der Waals surface area contributed by atoms with E-state index in [0.717, 1.165) is 12.8 Å². The maximum Gasteiger partial charge on any atom is 0.234 e. The SMILES string of the molecule is [CH2]CCCCCCCCCN=C=O. The van der Waals surface area contributed by atoms with Gasteiger partial charge in [-0.25, -0.2) is 9.79 Å². The maximum atomic E-state index is 9.71. The predicted octanol–water partition coefficient (Wildman–Crippen LogP) is 3.28. The van der Waals surface area contributed by atoms with Crippen LogP contribution >= 0.6 is 0 Å². The van der Waals surface area contributed by atoms with Crippen LogP contribution in [-0.4, -0.2) is 12.6 Å². The minimum atomic E-state index is 0.655. The van der Waals surface area contributed by atoms with Gasteiger partial charge < -0.3 is 0 Å². The van der Waals surface area contributed by atoms with E-state index >= 15 is 0 Å². The number of hydrogen-bond acceptors (Lipinski definition) is 2. The van der Waals surface area contributed by atoms with Crippen LogP contribution in [0, 0.1) is 6.92 Å². The number of carbonyl (C=O) groups excluding carboxylic acids is 1. The molecular formula is C11H20NO. The Hall–Kier alpha value is -0.620. The van der Waals surface area contributed by atoms with Crippen molar-refractivity contribution in [1.82, 2.24) is 0 Å². The molecule has 0 unspecified atom stereocenters. The normalized spacial score (nSPS) is 9.62. The molecule has 0 aliphatic heterocycles. The van der Waals surface area contributed by atoms with E-state index in [1.54, 1.807) is 6.08 Å². The van der Waals surface area contributed by atoms with Crippen LogP contribution in [0.1, 0.15) is 51.4 Å². The Morgan fingerprint density at radius 2 is 1.46 bits per heavy atom. The highest BCUT2D eigenvalue weighted by Gasteiger charge is 1.90. The van der Waals surface area contributed by atoms with Crippen molar-refractivity contribution in [1.29, 1.82) is 0 Å². The molecule has 0 spiro atoms. The van der Waals surface area contributed by atoms with Crippen molar-refractivity contribution in [2.45, 2.75) is 51.4 Å². The van der Waals surface area contributed by atoms with E-state index in [4.69, 9.17) is 0 Å². The first-order valence-electron chi connectivity index (χ1n) is 5.24. The molecule has 0 fully saturated rings. The van der Waals surface area contributed by atoms with E-state index in [2.05, 4.69) is 11.9 Å². The minimum absolute atomic E-state index is 0.655. The Balaban J connectivity index is 2.87. The smallest absolute Gasteiger partial charge is 0.211 e. The van der Waals surface area contributed by atoms with Gasteiger partial charge >= 0.3 is 0 Å². The molecule has 0 saturated heterocycles. The Labute approximate surface area is 81.4 Å². The third kappa shape index (κ3) is 11.4. The molecule has 0 amide bonds. The summed E-state index contributed by atoms with van der Waals surface area (Å²) in [5.74, 6) is 0. The summed E-state index contributed by atoms with van der Waals surface area (Å²) in [5, 5.41) is 0. The summed E-state index contributed by atoms with van der Waals surface area (Å²) in [6.45, 7) is 4.46. The molecule has 0 heterocycles. The highest BCUT2D eigenvalue weighted by molar-refractivity contribution is 5.32. The monoisotopic (exact) mass is 182 g/mol. The fourth-order valence-corrected chi connectivity index (χ4v) is 1.30. The summed E-state index contributed by atoms with van der Waals surface area (Å²) in [7, 11) is 0. The van der Waals surface area contributed by atoms with Crippen LogP contribution in [0.15, 0.2) is 4.99 Å². The number of aliphatic imine (C=N–C) groups is 1. The largest absolute Gasteiger partial charge is 0.234 e. The molecule has 0 rings (SSSR count). The molecule has 0 saturated carbocycles. The van der Waals surface area contributed by atoms with Gasteiger partial charge in [0.15, 0.2) is 0 Å². The van der Waals surface area contributed by atoms with Gasteiger partial charge in [0.1, 0.15) is 0 Å². The topological polar surface area (TPSA) is 29.4 Å². The fraction of sp³-hybridized carbons (Fsp3) is 0.818. The summed E-state index contributed by atoms with van der Waals surface area (Å²) >= 11 is 0. The van der Waals surface area contributed by atoms with E-state index in [1.165, 1.54) is 38.5 Å². The molecule has 0 bridgehead atoms. The van der Waals surface area contributed by atoms with Crippen molar-refractivity contribution in [3.63, 3.8) is 0 Å². The zero-order chi connectivity index (χ0) is 9.78. The third-order valence-corrected chi connectivity index (χ3v) is 2.08. The van der Waals surface area contributed by atoms with Crippen LogP contribution in [-0.2, 0) is 4.79 Å². The number of isocyanates is 1. The molecule has 75 valence electrons. The lowest BCUT2D eigenvalue weighted by Gasteiger charge is -1.98. The van der Waals surface area contributed by atoms with Gasteiger partial charge in [-0.1, -0.05) is 51.9 Å². The molecular weight excluding hydrogens is 162 g/mol. The number of hydrogen-bond donors (Lipinski definition) is 0. The van der Waals surface area contributed by atoms with Gasteiger partial charge in [-0.15, -0.1) is 0 Å². The number of rotatable bonds is 9. The fourth-order valence-electron chi connectivity index (χ4n) is 1.30. The Bertz CT molecular complexity index is 139. The predicted molar refractivity (Wildman–Crippen MR) is 55.3 cm³/mol. The quantitative estimate of drug-likeness (QED) is 0.306. The van der Waals surface area contributed by atoms with Crippen LogP contribution in [0.2, 0.25) is 0 Å². The molecule has 0 N–H and O–H groups in total.